The molecule has 1 aromatic carbocycles. The molecule has 0 heterocycles. The molecule has 0 bridgehead atoms. The first-order valence-corrected chi connectivity index (χ1v) is 5.74. The van der Waals surface area contributed by atoms with E-state index in [1.807, 2.05) is 44.0 Å². The fraction of sp³-hybridized carbons (Fsp3) is 0.429. The number of likely N-dealkylation sites (N-methyl/N-ethyl adjacent to an activating group) is 1. The first-order valence-electron chi connectivity index (χ1n) is 5.74. The zero-order valence-electron chi connectivity index (χ0n) is 11.3. The smallest absolute Gasteiger partial charge is 0.166 e. The highest BCUT2D eigenvalue weighted by atomic mass is 16.5. The van der Waals surface area contributed by atoms with E-state index in [1.54, 1.807) is 7.11 Å². The van der Waals surface area contributed by atoms with Crippen molar-refractivity contribution in [3.8, 4) is 11.8 Å². The van der Waals surface area contributed by atoms with Gasteiger partial charge in [0, 0.05) is 7.05 Å². The summed E-state index contributed by atoms with van der Waals surface area (Å²) in [6, 6.07) is 5.85. The SMILES string of the molecule is COc1cc(C)cc(C)c1N(C)CC(=O)CC#N. The Morgan fingerprint density at radius 2 is 2.11 bits per heavy atom. The molecule has 4 nitrogen and oxygen atoms in total. The van der Waals surface area contributed by atoms with Crippen LogP contribution in [0.4, 0.5) is 5.69 Å². The van der Waals surface area contributed by atoms with Gasteiger partial charge in [0.25, 0.3) is 0 Å². The summed E-state index contributed by atoms with van der Waals surface area (Å²) < 4.78 is 5.35. The molecule has 0 spiro atoms. The van der Waals surface area contributed by atoms with Crippen molar-refractivity contribution in [3.05, 3.63) is 23.3 Å². The van der Waals surface area contributed by atoms with Crippen LogP contribution in [0.3, 0.4) is 0 Å². The number of anilines is 1. The highest BCUT2D eigenvalue weighted by molar-refractivity contribution is 5.86. The third kappa shape index (κ3) is 3.24. The van der Waals surface area contributed by atoms with Crippen molar-refractivity contribution in [2.75, 3.05) is 25.6 Å². The number of ether oxygens (including phenoxy) is 1. The molecule has 4 heteroatoms. The summed E-state index contributed by atoms with van der Waals surface area (Å²) in [5.41, 5.74) is 3.07. The molecule has 0 radical (unpaired) electrons. The average Bonchev–Trinajstić information content (AvgIpc) is 2.27. The molecule has 0 saturated carbocycles. The lowest BCUT2D eigenvalue weighted by Gasteiger charge is -2.23. The number of ketones is 1. The lowest BCUT2D eigenvalue weighted by atomic mass is 10.1. The highest BCUT2D eigenvalue weighted by Crippen LogP contribution is 2.32. The van der Waals surface area contributed by atoms with Gasteiger partial charge in [-0.15, -0.1) is 0 Å². The lowest BCUT2D eigenvalue weighted by Crippen LogP contribution is -2.26. The standard InChI is InChI=1S/C14H18N2O2/c1-10-7-11(2)14(13(8-10)18-4)16(3)9-12(17)5-6-15/h7-8H,5,9H2,1-4H3. The van der Waals surface area contributed by atoms with Crippen LogP contribution in [0.5, 0.6) is 5.75 Å². The minimum absolute atomic E-state index is 0.0580. The first-order chi connectivity index (χ1) is 8.49. The van der Waals surface area contributed by atoms with Gasteiger partial charge in [0.15, 0.2) is 5.78 Å². The molecule has 0 fully saturated rings. The maximum atomic E-state index is 11.5. The molecule has 18 heavy (non-hydrogen) atoms. The van der Waals surface area contributed by atoms with E-state index in [2.05, 4.69) is 0 Å². The van der Waals surface area contributed by atoms with Crippen molar-refractivity contribution in [3.63, 3.8) is 0 Å². The summed E-state index contributed by atoms with van der Waals surface area (Å²) in [6.45, 7) is 4.20. The zero-order chi connectivity index (χ0) is 13.7. The van der Waals surface area contributed by atoms with Gasteiger partial charge in [-0.05, 0) is 31.0 Å². The van der Waals surface area contributed by atoms with Crippen LogP contribution in [0.15, 0.2) is 12.1 Å². The zero-order valence-corrected chi connectivity index (χ0v) is 11.3. The largest absolute Gasteiger partial charge is 0.495 e. The molecule has 0 amide bonds. The summed E-state index contributed by atoms with van der Waals surface area (Å²) in [6.07, 6.45) is -0.0580. The molecule has 0 atom stereocenters. The van der Waals surface area contributed by atoms with Crippen LogP contribution in [0.1, 0.15) is 17.5 Å². The van der Waals surface area contributed by atoms with Crippen LogP contribution < -0.4 is 9.64 Å². The Morgan fingerprint density at radius 3 is 2.67 bits per heavy atom. The number of carbonyl (C=O) groups is 1. The van der Waals surface area contributed by atoms with Gasteiger partial charge in [-0.3, -0.25) is 4.79 Å². The quantitative estimate of drug-likeness (QED) is 0.799. The number of hydrogen-bond acceptors (Lipinski definition) is 4. The normalized spacial score (nSPS) is 9.72. The summed E-state index contributed by atoms with van der Waals surface area (Å²) in [4.78, 5) is 13.3. The maximum Gasteiger partial charge on any atom is 0.166 e. The number of methoxy groups -OCH3 is 1. The van der Waals surface area contributed by atoms with E-state index < -0.39 is 0 Å². The topological polar surface area (TPSA) is 53.3 Å². The third-order valence-electron chi connectivity index (χ3n) is 2.70. The van der Waals surface area contributed by atoms with E-state index >= 15 is 0 Å². The van der Waals surface area contributed by atoms with Crippen molar-refractivity contribution in [2.24, 2.45) is 0 Å². The molecule has 0 unspecified atom stereocenters. The Balaban J connectivity index is 3.02. The molecular formula is C14H18N2O2. The van der Waals surface area contributed by atoms with Crippen LogP contribution in [0.2, 0.25) is 0 Å². The second-order valence-corrected chi connectivity index (χ2v) is 4.36. The molecule has 0 saturated heterocycles. The van der Waals surface area contributed by atoms with Crippen LogP contribution in [-0.2, 0) is 4.79 Å². The van der Waals surface area contributed by atoms with Crippen LogP contribution in [-0.4, -0.2) is 26.5 Å². The predicted octanol–water partition coefficient (Wildman–Crippen LogP) is 2.23. The van der Waals surface area contributed by atoms with Gasteiger partial charge in [-0.1, -0.05) is 6.07 Å². The third-order valence-corrected chi connectivity index (χ3v) is 2.70. The molecule has 0 aliphatic rings. The van der Waals surface area contributed by atoms with Gasteiger partial charge in [-0.2, -0.15) is 5.26 Å². The number of rotatable bonds is 5. The first kappa shape index (κ1) is 14.0. The fourth-order valence-electron chi connectivity index (χ4n) is 2.05. The van der Waals surface area contributed by atoms with E-state index in [0.29, 0.717) is 0 Å². The van der Waals surface area contributed by atoms with Crippen LogP contribution >= 0.6 is 0 Å². The van der Waals surface area contributed by atoms with E-state index in [9.17, 15) is 4.79 Å². The summed E-state index contributed by atoms with van der Waals surface area (Å²) >= 11 is 0. The highest BCUT2D eigenvalue weighted by Gasteiger charge is 2.14. The van der Waals surface area contributed by atoms with Crippen LogP contribution in [0.25, 0.3) is 0 Å². The molecule has 1 aromatic rings. The average molecular weight is 246 g/mol. The van der Waals surface area contributed by atoms with Crippen molar-refractivity contribution in [2.45, 2.75) is 20.3 Å². The molecule has 96 valence electrons. The molecular weight excluding hydrogens is 228 g/mol. The molecule has 0 N–H and O–H groups in total. The Bertz CT molecular complexity index is 489. The van der Waals surface area contributed by atoms with Gasteiger partial charge >= 0.3 is 0 Å². The Hall–Kier alpha value is -2.02. The number of aryl methyl sites for hydroxylation is 2. The molecule has 0 aromatic heterocycles. The lowest BCUT2D eigenvalue weighted by molar-refractivity contribution is -0.116. The minimum Gasteiger partial charge on any atom is -0.495 e. The maximum absolute atomic E-state index is 11.5. The Kier molecular flexibility index (Phi) is 4.73. The Morgan fingerprint density at radius 1 is 1.44 bits per heavy atom. The monoisotopic (exact) mass is 246 g/mol. The van der Waals surface area contributed by atoms with Crippen molar-refractivity contribution in [1.29, 1.82) is 5.26 Å². The van der Waals surface area contributed by atoms with Crippen LogP contribution in [0, 0.1) is 25.2 Å². The number of nitrogens with zero attached hydrogens (tertiary/aromatic N) is 2. The minimum atomic E-state index is -0.0953. The molecule has 1 rings (SSSR count). The van der Waals surface area contributed by atoms with E-state index in [1.165, 1.54) is 0 Å². The molecule has 0 aliphatic carbocycles. The van der Waals surface area contributed by atoms with Gasteiger partial charge in [-0.25, -0.2) is 0 Å². The van der Waals surface area contributed by atoms with Crippen molar-refractivity contribution in [1.82, 2.24) is 0 Å². The van der Waals surface area contributed by atoms with Gasteiger partial charge in [0.1, 0.15) is 5.75 Å². The second kappa shape index (κ2) is 6.06. The van der Waals surface area contributed by atoms with E-state index in [0.717, 1.165) is 22.6 Å². The van der Waals surface area contributed by atoms with Crippen molar-refractivity contribution >= 4 is 11.5 Å². The number of nitriles is 1. The van der Waals surface area contributed by atoms with Crippen molar-refractivity contribution < 1.29 is 9.53 Å². The van der Waals surface area contributed by atoms with E-state index in [4.69, 9.17) is 10.00 Å². The summed E-state index contributed by atoms with van der Waals surface area (Å²) in [5, 5.41) is 8.50. The number of Topliss-reactive ketones (excluding diaryl/α,β-unsaturated/α-hetero) is 1. The van der Waals surface area contributed by atoms with Gasteiger partial charge < -0.3 is 9.64 Å². The van der Waals surface area contributed by atoms with E-state index in [-0.39, 0.29) is 18.7 Å². The second-order valence-electron chi connectivity index (χ2n) is 4.36. The number of benzene rings is 1. The fourth-order valence-corrected chi connectivity index (χ4v) is 2.05. The predicted molar refractivity (Wildman–Crippen MR) is 71.0 cm³/mol. The Labute approximate surface area is 108 Å². The number of carbonyl (C=O) groups excluding carboxylic acids is 1. The molecule has 0 aliphatic heterocycles. The van der Waals surface area contributed by atoms with Gasteiger partial charge in [0.05, 0.1) is 31.8 Å². The summed E-state index contributed by atoms with van der Waals surface area (Å²) in [7, 11) is 3.44. The van der Waals surface area contributed by atoms with Gasteiger partial charge in [0.2, 0.25) is 0 Å². The number of hydrogen-bond donors (Lipinski definition) is 0. The summed E-state index contributed by atoms with van der Waals surface area (Å²) in [5.74, 6) is 0.654.